The summed E-state index contributed by atoms with van der Waals surface area (Å²) in [6.45, 7) is 6.40. The van der Waals surface area contributed by atoms with Crippen LogP contribution >= 0.6 is 0 Å². The molecule has 6 heteroatoms. The number of carbonyl (C=O) groups excluding carboxylic acids is 3. The highest BCUT2D eigenvalue weighted by Gasteiger charge is 2.19. The Labute approximate surface area is 449 Å². The fourth-order valence-electron chi connectivity index (χ4n) is 7.68. The topological polar surface area (TPSA) is 78.9 Å². The first-order chi connectivity index (χ1) is 36.0. The Balaban J connectivity index is 4.59. The highest BCUT2D eigenvalue weighted by molar-refractivity contribution is 5.71. The molecule has 0 bridgehead atoms. The standard InChI is InChI=1S/C67H108O6/c1-4-7-10-13-16-19-22-25-28-31-33-36-39-42-45-48-51-54-57-60-66(69)72-63-64(62-71-65(68)59-56-53-50-47-44-41-38-35-30-27-24-21-18-15-12-9-6-3)73-67(70)61-58-55-52-49-46-43-40-37-34-32-29-26-23-20-17-14-11-8-5-2/h7,10,16-17,19-20,25-30,33-34,36-37,42-43,45-46,51,54,64H,4-6,8-9,11-15,18,21-24,31-32,35,38-41,44,47-50,52-53,55-63H2,1-3H3/b10-7-,19-16-,20-17-,28-25-,29-26-,30-27-,36-33-,37-34-,45-42-,46-43-,54-51-/t64-/m0/s1. The zero-order valence-corrected chi connectivity index (χ0v) is 47.1. The van der Waals surface area contributed by atoms with Gasteiger partial charge in [0.2, 0.25) is 0 Å². The summed E-state index contributed by atoms with van der Waals surface area (Å²) in [5, 5.41) is 0. The van der Waals surface area contributed by atoms with Crippen molar-refractivity contribution >= 4 is 17.9 Å². The summed E-state index contributed by atoms with van der Waals surface area (Å²) in [5.41, 5.74) is 0. The lowest BCUT2D eigenvalue weighted by atomic mass is 10.1. The number of allylic oxidation sites excluding steroid dienone is 22. The maximum Gasteiger partial charge on any atom is 0.306 e. The van der Waals surface area contributed by atoms with E-state index in [9.17, 15) is 14.4 Å². The lowest BCUT2D eigenvalue weighted by molar-refractivity contribution is -0.166. The van der Waals surface area contributed by atoms with Crippen molar-refractivity contribution < 1.29 is 28.6 Å². The van der Waals surface area contributed by atoms with Crippen LogP contribution < -0.4 is 0 Å². The average Bonchev–Trinajstić information content (AvgIpc) is 3.39. The molecular formula is C67H108O6. The molecule has 0 aliphatic rings. The van der Waals surface area contributed by atoms with E-state index in [0.29, 0.717) is 19.3 Å². The van der Waals surface area contributed by atoms with Gasteiger partial charge < -0.3 is 14.2 Å². The molecule has 0 radical (unpaired) electrons. The fourth-order valence-corrected chi connectivity index (χ4v) is 7.68. The van der Waals surface area contributed by atoms with Gasteiger partial charge in [-0.05, 0) is 128 Å². The van der Waals surface area contributed by atoms with Gasteiger partial charge in [0, 0.05) is 19.3 Å². The molecular weight excluding hydrogens is 901 g/mol. The molecule has 0 aliphatic heterocycles. The fraction of sp³-hybridized carbons (Fsp3) is 0.627. The molecule has 6 nitrogen and oxygen atoms in total. The van der Waals surface area contributed by atoms with Gasteiger partial charge in [-0.1, -0.05) is 238 Å². The van der Waals surface area contributed by atoms with Crippen molar-refractivity contribution in [2.24, 2.45) is 0 Å². The largest absolute Gasteiger partial charge is 0.462 e. The van der Waals surface area contributed by atoms with Crippen molar-refractivity contribution in [2.75, 3.05) is 13.2 Å². The Kier molecular flexibility index (Phi) is 56.4. The van der Waals surface area contributed by atoms with Crippen LogP contribution in [0.3, 0.4) is 0 Å². The molecule has 0 aliphatic carbocycles. The van der Waals surface area contributed by atoms with Crippen molar-refractivity contribution in [1.82, 2.24) is 0 Å². The van der Waals surface area contributed by atoms with Gasteiger partial charge in [0.1, 0.15) is 13.2 Å². The minimum atomic E-state index is -0.833. The van der Waals surface area contributed by atoms with E-state index in [-0.39, 0.29) is 44.0 Å². The number of esters is 3. The van der Waals surface area contributed by atoms with Gasteiger partial charge in [0.25, 0.3) is 0 Å². The van der Waals surface area contributed by atoms with E-state index < -0.39 is 6.10 Å². The van der Waals surface area contributed by atoms with E-state index in [1.165, 1.54) is 103 Å². The lowest BCUT2D eigenvalue weighted by Crippen LogP contribution is -2.30. The summed E-state index contributed by atoms with van der Waals surface area (Å²) in [6.07, 6.45) is 84.5. The molecule has 0 saturated heterocycles. The maximum atomic E-state index is 12.9. The van der Waals surface area contributed by atoms with Crippen molar-refractivity contribution in [1.29, 1.82) is 0 Å². The van der Waals surface area contributed by atoms with Gasteiger partial charge in [-0.2, -0.15) is 0 Å². The number of hydrogen-bond acceptors (Lipinski definition) is 6. The Morgan fingerprint density at radius 2 is 0.562 bits per heavy atom. The third-order valence-electron chi connectivity index (χ3n) is 12.1. The van der Waals surface area contributed by atoms with Crippen molar-refractivity contribution in [3.8, 4) is 0 Å². The minimum absolute atomic E-state index is 0.121. The third kappa shape index (κ3) is 58.3. The summed E-state index contributed by atoms with van der Waals surface area (Å²) < 4.78 is 16.8. The highest BCUT2D eigenvalue weighted by Crippen LogP contribution is 2.13. The number of rotatable bonds is 52. The molecule has 0 fully saturated rings. The first-order valence-corrected chi connectivity index (χ1v) is 29.7. The van der Waals surface area contributed by atoms with E-state index in [4.69, 9.17) is 14.2 Å². The Morgan fingerprint density at radius 3 is 0.973 bits per heavy atom. The quantitative estimate of drug-likeness (QED) is 0.0261. The molecule has 0 amide bonds. The number of hydrogen-bond donors (Lipinski definition) is 0. The predicted molar refractivity (Wildman–Crippen MR) is 316 cm³/mol. The van der Waals surface area contributed by atoms with Crippen LogP contribution in [0, 0.1) is 0 Å². The second-order valence-corrected chi connectivity index (χ2v) is 19.2. The van der Waals surface area contributed by atoms with E-state index in [2.05, 4.69) is 142 Å². The third-order valence-corrected chi connectivity index (χ3v) is 12.1. The molecule has 0 spiro atoms. The van der Waals surface area contributed by atoms with Crippen molar-refractivity contribution in [2.45, 2.75) is 258 Å². The van der Waals surface area contributed by atoms with Gasteiger partial charge in [-0.15, -0.1) is 0 Å². The number of ether oxygens (including phenoxy) is 3. The first-order valence-electron chi connectivity index (χ1n) is 29.7. The Bertz CT molecular complexity index is 1580. The Hall–Kier alpha value is -4.45. The summed E-state index contributed by atoms with van der Waals surface area (Å²) >= 11 is 0. The van der Waals surface area contributed by atoms with Crippen LogP contribution in [0.2, 0.25) is 0 Å². The van der Waals surface area contributed by atoms with Crippen LogP contribution in [0.15, 0.2) is 134 Å². The average molecular weight is 1010 g/mol. The molecule has 0 rings (SSSR count). The summed E-state index contributed by atoms with van der Waals surface area (Å²) in [5.74, 6) is -1.05. The normalized spacial score (nSPS) is 13.1. The summed E-state index contributed by atoms with van der Waals surface area (Å²) in [6, 6.07) is 0. The number of unbranched alkanes of at least 4 members (excludes halogenated alkanes) is 19. The van der Waals surface area contributed by atoms with Crippen LogP contribution in [0.5, 0.6) is 0 Å². The monoisotopic (exact) mass is 1010 g/mol. The second kappa shape index (κ2) is 60.1. The van der Waals surface area contributed by atoms with Crippen molar-refractivity contribution in [3.05, 3.63) is 134 Å². The molecule has 1 atom stereocenters. The van der Waals surface area contributed by atoms with Gasteiger partial charge in [-0.3, -0.25) is 14.4 Å². The molecule has 0 N–H and O–H groups in total. The van der Waals surface area contributed by atoms with E-state index in [1.807, 2.05) is 12.2 Å². The van der Waals surface area contributed by atoms with Crippen LogP contribution in [-0.2, 0) is 28.6 Å². The van der Waals surface area contributed by atoms with Crippen LogP contribution in [-0.4, -0.2) is 37.2 Å². The maximum absolute atomic E-state index is 12.9. The summed E-state index contributed by atoms with van der Waals surface area (Å²) in [4.78, 5) is 38.2. The second-order valence-electron chi connectivity index (χ2n) is 19.2. The first kappa shape index (κ1) is 68.6. The van der Waals surface area contributed by atoms with Crippen molar-refractivity contribution in [3.63, 3.8) is 0 Å². The highest BCUT2D eigenvalue weighted by atomic mass is 16.6. The van der Waals surface area contributed by atoms with Crippen LogP contribution in [0.25, 0.3) is 0 Å². The zero-order valence-electron chi connectivity index (χ0n) is 47.1. The molecule has 412 valence electrons. The Morgan fingerprint density at radius 1 is 0.288 bits per heavy atom. The van der Waals surface area contributed by atoms with E-state index in [1.54, 1.807) is 0 Å². The minimum Gasteiger partial charge on any atom is -0.462 e. The molecule has 0 heterocycles. The van der Waals surface area contributed by atoms with E-state index in [0.717, 1.165) is 96.3 Å². The molecule has 0 aromatic carbocycles. The van der Waals surface area contributed by atoms with Gasteiger partial charge in [0.05, 0.1) is 0 Å². The van der Waals surface area contributed by atoms with Gasteiger partial charge >= 0.3 is 17.9 Å². The van der Waals surface area contributed by atoms with Gasteiger partial charge in [0.15, 0.2) is 6.10 Å². The zero-order chi connectivity index (χ0) is 52.9. The number of carbonyl (C=O) groups is 3. The molecule has 0 aromatic rings. The van der Waals surface area contributed by atoms with E-state index >= 15 is 0 Å². The predicted octanol–water partition coefficient (Wildman–Crippen LogP) is 20.2. The summed E-state index contributed by atoms with van der Waals surface area (Å²) in [7, 11) is 0. The van der Waals surface area contributed by atoms with Crippen LogP contribution in [0.4, 0.5) is 0 Å². The SMILES string of the molecule is CC/C=C\C/C=C\C/C=C\C/C=C\C/C=C\C/C=C\CCC(=O)OC[C@H](COC(=O)CCCCCCCCC/C=C\CCCCCCCC)OC(=O)CCCCC/C=C\C/C=C\C/C=C\C/C=C\CCCCC. The molecule has 0 unspecified atom stereocenters. The van der Waals surface area contributed by atoms with Crippen LogP contribution in [0.1, 0.15) is 252 Å². The van der Waals surface area contributed by atoms with Gasteiger partial charge in [-0.25, -0.2) is 0 Å². The molecule has 73 heavy (non-hydrogen) atoms. The molecule has 0 saturated carbocycles. The smallest absolute Gasteiger partial charge is 0.306 e. The lowest BCUT2D eigenvalue weighted by Gasteiger charge is -2.18. The molecule has 0 aromatic heterocycles.